The number of hydrogen-bond acceptors (Lipinski definition) is 6. The van der Waals surface area contributed by atoms with Crippen molar-refractivity contribution in [3.63, 3.8) is 0 Å². The Kier molecular flexibility index (Phi) is 6.49. The number of carbonyl (C=O) groups is 3. The predicted molar refractivity (Wildman–Crippen MR) is 109 cm³/mol. The van der Waals surface area contributed by atoms with Crippen LogP contribution >= 0.6 is 11.3 Å². The van der Waals surface area contributed by atoms with Gasteiger partial charge in [-0.25, -0.2) is 4.79 Å². The van der Waals surface area contributed by atoms with E-state index in [0.717, 1.165) is 11.1 Å². The largest absolute Gasteiger partial charge is 0.550 e. The Balaban J connectivity index is 1.94. The number of allylic oxidation sites excluding steroid dienone is 2. The lowest BCUT2D eigenvalue weighted by Gasteiger charge is -2.28. The third kappa shape index (κ3) is 4.56. The van der Waals surface area contributed by atoms with Crippen LogP contribution in [0, 0.1) is 18.8 Å². The van der Waals surface area contributed by atoms with E-state index in [-0.39, 0.29) is 18.6 Å². The summed E-state index contributed by atoms with van der Waals surface area (Å²) in [4.78, 5) is 36.9. The van der Waals surface area contributed by atoms with Crippen molar-refractivity contribution in [3.8, 4) is 11.1 Å². The van der Waals surface area contributed by atoms with Gasteiger partial charge in [0.1, 0.15) is 10.6 Å². The van der Waals surface area contributed by atoms with Crippen LogP contribution in [-0.4, -0.2) is 24.5 Å². The molecule has 0 spiro atoms. The van der Waals surface area contributed by atoms with E-state index in [4.69, 9.17) is 4.74 Å². The molecule has 1 amide bonds. The molecule has 3 rings (SSSR count). The van der Waals surface area contributed by atoms with Gasteiger partial charge < -0.3 is 20.0 Å². The molecule has 1 aromatic heterocycles. The van der Waals surface area contributed by atoms with Gasteiger partial charge in [-0.2, -0.15) is 0 Å². The van der Waals surface area contributed by atoms with E-state index in [1.807, 2.05) is 31.2 Å². The molecule has 0 saturated heterocycles. The third-order valence-corrected chi connectivity index (χ3v) is 5.80. The van der Waals surface area contributed by atoms with E-state index >= 15 is 0 Å². The second kappa shape index (κ2) is 9.05. The molecule has 29 heavy (non-hydrogen) atoms. The Morgan fingerprint density at radius 3 is 2.59 bits per heavy atom. The van der Waals surface area contributed by atoms with Gasteiger partial charge in [0.25, 0.3) is 0 Å². The van der Waals surface area contributed by atoms with Crippen LogP contribution in [0.1, 0.15) is 35.7 Å². The average Bonchev–Trinajstić information content (AvgIpc) is 3.11. The Labute approximate surface area is 173 Å². The van der Waals surface area contributed by atoms with Crippen molar-refractivity contribution in [1.29, 1.82) is 0 Å². The number of carboxylic acid groups (broad SMARTS) is 1. The SMILES string of the molecule is CCOC(=O)c1c(-c2cccc(C)c2)csc1NC(=O)[C@H]1CC=CC[C@H]1C(=O)[O-]. The summed E-state index contributed by atoms with van der Waals surface area (Å²) in [6.07, 6.45) is 4.11. The highest BCUT2D eigenvalue weighted by atomic mass is 32.1. The van der Waals surface area contributed by atoms with Gasteiger partial charge in [0.05, 0.1) is 12.5 Å². The van der Waals surface area contributed by atoms with Gasteiger partial charge in [-0.15, -0.1) is 11.3 Å². The topological polar surface area (TPSA) is 95.5 Å². The van der Waals surface area contributed by atoms with Crippen LogP contribution in [-0.2, 0) is 14.3 Å². The van der Waals surface area contributed by atoms with Gasteiger partial charge in [-0.05, 0) is 32.3 Å². The zero-order valence-electron chi connectivity index (χ0n) is 16.3. The van der Waals surface area contributed by atoms with E-state index in [1.54, 1.807) is 24.5 Å². The van der Waals surface area contributed by atoms with Crippen molar-refractivity contribution in [2.75, 3.05) is 11.9 Å². The lowest BCUT2D eigenvalue weighted by molar-refractivity contribution is -0.313. The van der Waals surface area contributed by atoms with Crippen LogP contribution in [0.2, 0.25) is 0 Å². The highest BCUT2D eigenvalue weighted by Gasteiger charge is 2.31. The highest BCUT2D eigenvalue weighted by Crippen LogP contribution is 2.37. The molecule has 0 bridgehead atoms. The number of benzene rings is 1. The maximum Gasteiger partial charge on any atom is 0.341 e. The van der Waals surface area contributed by atoms with Gasteiger partial charge in [-0.3, -0.25) is 4.79 Å². The summed E-state index contributed by atoms with van der Waals surface area (Å²) in [5, 5.41) is 16.3. The molecule has 1 aromatic carbocycles. The van der Waals surface area contributed by atoms with E-state index in [1.165, 1.54) is 11.3 Å². The lowest BCUT2D eigenvalue weighted by atomic mass is 9.82. The van der Waals surface area contributed by atoms with Gasteiger partial charge in [0.2, 0.25) is 5.91 Å². The smallest absolute Gasteiger partial charge is 0.341 e. The average molecular weight is 412 g/mol. The molecule has 7 heteroatoms. The molecule has 152 valence electrons. The lowest BCUT2D eigenvalue weighted by Crippen LogP contribution is -2.41. The van der Waals surface area contributed by atoms with Gasteiger partial charge in [0, 0.05) is 22.8 Å². The molecule has 1 aliphatic carbocycles. The zero-order valence-corrected chi connectivity index (χ0v) is 17.1. The first-order valence-corrected chi connectivity index (χ1v) is 10.3. The normalized spacial score (nSPS) is 18.3. The Hall–Kier alpha value is -2.93. The van der Waals surface area contributed by atoms with Crippen molar-refractivity contribution >= 4 is 34.2 Å². The summed E-state index contributed by atoms with van der Waals surface area (Å²) in [5.74, 6) is -3.84. The molecular formula is C22H22NO5S-. The Morgan fingerprint density at radius 1 is 1.21 bits per heavy atom. The Bertz CT molecular complexity index is 962. The number of nitrogens with one attached hydrogen (secondary N) is 1. The van der Waals surface area contributed by atoms with E-state index in [2.05, 4.69) is 5.32 Å². The molecule has 6 nitrogen and oxygen atoms in total. The van der Waals surface area contributed by atoms with E-state index in [0.29, 0.717) is 17.0 Å². The fourth-order valence-corrected chi connectivity index (χ4v) is 4.41. The van der Waals surface area contributed by atoms with Gasteiger partial charge >= 0.3 is 5.97 Å². The van der Waals surface area contributed by atoms with Crippen molar-refractivity contribution in [1.82, 2.24) is 0 Å². The first-order valence-electron chi connectivity index (χ1n) is 9.44. The summed E-state index contributed by atoms with van der Waals surface area (Å²) < 4.78 is 5.21. The molecule has 2 aromatic rings. The summed E-state index contributed by atoms with van der Waals surface area (Å²) in [6, 6.07) is 7.70. The monoisotopic (exact) mass is 412 g/mol. The molecule has 0 aliphatic heterocycles. The number of carboxylic acids is 1. The molecule has 2 atom stereocenters. The second-order valence-corrected chi connectivity index (χ2v) is 7.79. The minimum atomic E-state index is -1.24. The first-order chi connectivity index (χ1) is 13.9. The highest BCUT2D eigenvalue weighted by molar-refractivity contribution is 7.15. The number of aliphatic carboxylic acids is 1. The number of carbonyl (C=O) groups excluding carboxylic acids is 3. The fraction of sp³-hybridized carbons (Fsp3) is 0.318. The predicted octanol–water partition coefficient (Wildman–Crippen LogP) is 3.17. The van der Waals surface area contributed by atoms with E-state index < -0.39 is 29.7 Å². The van der Waals surface area contributed by atoms with E-state index in [9.17, 15) is 19.5 Å². The molecule has 0 fully saturated rings. The van der Waals surface area contributed by atoms with Crippen molar-refractivity contribution in [3.05, 3.63) is 52.9 Å². The fourth-order valence-electron chi connectivity index (χ4n) is 3.45. The molecule has 0 radical (unpaired) electrons. The first kappa shape index (κ1) is 20.8. The summed E-state index contributed by atoms with van der Waals surface area (Å²) in [5.41, 5.74) is 2.84. The minimum Gasteiger partial charge on any atom is -0.550 e. The van der Waals surface area contributed by atoms with Crippen LogP contribution < -0.4 is 10.4 Å². The molecular weight excluding hydrogens is 390 g/mol. The number of ether oxygens (including phenoxy) is 1. The third-order valence-electron chi connectivity index (χ3n) is 4.91. The van der Waals surface area contributed by atoms with Crippen LogP contribution in [0.3, 0.4) is 0 Å². The summed E-state index contributed by atoms with van der Waals surface area (Å²) >= 11 is 1.22. The van der Waals surface area contributed by atoms with Crippen LogP contribution in [0.5, 0.6) is 0 Å². The number of thiophene rings is 1. The van der Waals surface area contributed by atoms with Gasteiger partial charge in [0.15, 0.2) is 0 Å². The number of rotatable bonds is 6. The Morgan fingerprint density at radius 2 is 1.93 bits per heavy atom. The minimum absolute atomic E-state index is 0.204. The number of hydrogen-bond donors (Lipinski definition) is 1. The number of esters is 1. The van der Waals surface area contributed by atoms with Crippen molar-refractivity contribution in [2.24, 2.45) is 11.8 Å². The van der Waals surface area contributed by atoms with Crippen LogP contribution in [0.25, 0.3) is 11.1 Å². The zero-order chi connectivity index (χ0) is 21.0. The van der Waals surface area contributed by atoms with Crippen molar-refractivity contribution < 1.29 is 24.2 Å². The number of anilines is 1. The molecule has 0 saturated carbocycles. The molecule has 1 aliphatic rings. The molecule has 1 heterocycles. The summed E-state index contributed by atoms with van der Waals surface area (Å²) in [6.45, 7) is 3.88. The maximum atomic E-state index is 12.8. The van der Waals surface area contributed by atoms with Crippen LogP contribution in [0.15, 0.2) is 41.8 Å². The molecule has 1 N–H and O–H groups in total. The summed E-state index contributed by atoms with van der Waals surface area (Å²) in [7, 11) is 0. The molecule has 0 unspecified atom stereocenters. The maximum absolute atomic E-state index is 12.8. The second-order valence-electron chi connectivity index (χ2n) is 6.91. The van der Waals surface area contributed by atoms with Crippen molar-refractivity contribution in [2.45, 2.75) is 26.7 Å². The standard InChI is InChI=1S/C22H23NO5S/c1-3-28-22(27)18-17(14-8-6-7-13(2)11-14)12-29-20(18)23-19(24)15-9-4-5-10-16(15)21(25)26/h4-8,11-12,15-16H,3,9-10H2,1-2H3,(H,23,24)(H,25,26)/p-1/t15-,16+/m0/s1. The number of aryl methyl sites for hydroxylation is 1. The quantitative estimate of drug-likeness (QED) is 0.581. The number of amides is 1. The van der Waals surface area contributed by atoms with Gasteiger partial charge in [-0.1, -0.05) is 42.0 Å². The van der Waals surface area contributed by atoms with Crippen LogP contribution in [0.4, 0.5) is 5.00 Å².